The number of benzene rings is 1. The first kappa shape index (κ1) is 12.2. The van der Waals surface area contributed by atoms with E-state index in [1.54, 1.807) is 11.3 Å². The van der Waals surface area contributed by atoms with Crippen LogP contribution >= 0.6 is 11.3 Å². The van der Waals surface area contributed by atoms with Gasteiger partial charge in [0.1, 0.15) is 6.20 Å². The number of rotatable bonds is 0. The number of H-pyrrole nitrogens is 1. The van der Waals surface area contributed by atoms with E-state index in [0.717, 1.165) is 0 Å². The van der Waals surface area contributed by atoms with Crippen LogP contribution in [-0.4, -0.2) is 9.64 Å². The third kappa shape index (κ3) is 3.13. The third-order valence-electron chi connectivity index (χ3n) is 2.01. The van der Waals surface area contributed by atoms with Gasteiger partial charge >= 0.3 is 4.96 Å². The minimum absolute atomic E-state index is 1.19. The molecule has 90 valence electrons. The largest absolute Gasteiger partial charge is 0.344 e. The van der Waals surface area contributed by atoms with Gasteiger partial charge < -0.3 is 0 Å². The predicted molar refractivity (Wildman–Crippen MR) is 51.6 cm³/mol. The van der Waals surface area contributed by atoms with Crippen LogP contribution in [-0.2, 0) is 0 Å². The van der Waals surface area contributed by atoms with E-state index < -0.39 is 10.2 Å². The molecule has 8 heteroatoms. The summed E-state index contributed by atoms with van der Waals surface area (Å²) in [6.45, 7) is 0. The number of nitrogens with one attached hydrogen (secondary N) is 1. The van der Waals surface area contributed by atoms with Gasteiger partial charge in [0, 0.05) is 5.38 Å². The summed E-state index contributed by atoms with van der Waals surface area (Å²) in [6.07, 6.45) is 2.08. The lowest BCUT2D eigenvalue weighted by Crippen LogP contribution is -2.58. The number of thiazole rings is 1. The molecule has 0 aliphatic carbocycles. The molecular weight excluding hydrogens is 268 g/mol. The molecule has 0 atom stereocenters. The molecule has 0 amide bonds. The maximum absolute atomic E-state index is 8.60. The lowest BCUT2D eigenvalue weighted by Gasteiger charge is -2.03. The van der Waals surface area contributed by atoms with Gasteiger partial charge in [0.2, 0.25) is 0 Å². The zero-order valence-electron chi connectivity index (χ0n) is 8.37. The van der Waals surface area contributed by atoms with Gasteiger partial charge in [-0.2, -0.15) is 18.4 Å². The van der Waals surface area contributed by atoms with E-state index in [4.69, 9.17) is 18.6 Å². The molecule has 0 radical (unpaired) electrons. The monoisotopic (exact) mass is 275 g/mol. The van der Waals surface area contributed by atoms with Crippen LogP contribution in [0, 0.1) is 10.2 Å². The van der Waals surface area contributed by atoms with Crippen molar-refractivity contribution in [2.45, 2.75) is 0 Å². The maximum Gasteiger partial charge on any atom is 0.344 e. The molecule has 0 aliphatic rings. The van der Waals surface area contributed by atoms with E-state index >= 15 is 0 Å². The Morgan fingerprint density at radius 3 is 2.59 bits per heavy atom. The minimum atomic E-state index is -4.69. The van der Waals surface area contributed by atoms with E-state index in [1.165, 1.54) is 16.0 Å². The lowest BCUT2D eigenvalue weighted by atomic mass is 10.3. The number of fused-ring (bicyclic) bond motifs is 3. The predicted octanol–water partition coefficient (Wildman–Crippen LogP) is -2.16. The SMILES string of the molecule is [O-][Cl+3]([O-])([O-])O.c1ccc2c(c1)[nH]c1scc[n+]12. The van der Waals surface area contributed by atoms with Gasteiger partial charge in [-0.3, -0.25) is 0 Å². The fourth-order valence-electron chi connectivity index (χ4n) is 1.46. The summed E-state index contributed by atoms with van der Waals surface area (Å²) in [7, 11) is -4.69. The van der Waals surface area contributed by atoms with Crippen LogP contribution in [0.4, 0.5) is 0 Å². The summed E-state index contributed by atoms with van der Waals surface area (Å²) in [5.74, 6) is 0. The third-order valence-corrected chi connectivity index (χ3v) is 2.79. The van der Waals surface area contributed by atoms with Gasteiger partial charge in [-0.25, -0.2) is 4.98 Å². The number of aromatic amines is 1. The minimum Gasteiger partial charge on any atom is -0.227 e. The lowest BCUT2D eigenvalue weighted by molar-refractivity contribution is -1.92. The highest BCUT2D eigenvalue weighted by Gasteiger charge is 2.10. The topological polar surface area (TPSA) is 109 Å². The number of hydrogen-bond donors (Lipinski definition) is 2. The number of imidazole rings is 1. The van der Waals surface area contributed by atoms with Crippen LogP contribution in [0.5, 0.6) is 0 Å². The van der Waals surface area contributed by atoms with Crippen molar-refractivity contribution < 1.29 is 33.3 Å². The van der Waals surface area contributed by atoms with Crippen molar-refractivity contribution in [3.63, 3.8) is 0 Å². The zero-order chi connectivity index (χ0) is 12.5. The molecule has 3 aromatic rings. The molecule has 0 unspecified atom stereocenters. The van der Waals surface area contributed by atoms with Gasteiger partial charge in [-0.15, -0.1) is 0 Å². The average molecular weight is 276 g/mol. The van der Waals surface area contributed by atoms with Crippen LogP contribution in [0.1, 0.15) is 0 Å². The van der Waals surface area contributed by atoms with Gasteiger partial charge in [0.15, 0.2) is 11.0 Å². The molecule has 6 nitrogen and oxygen atoms in total. The maximum atomic E-state index is 8.60. The summed E-state index contributed by atoms with van der Waals surface area (Å²) >= 11 is 1.72. The molecule has 17 heavy (non-hydrogen) atoms. The molecular formula is C9H8ClN2O4S+. The van der Waals surface area contributed by atoms with E-state index in [1.807, 2.05) is 6.07 Å². The molecule has 0 aliphatic heterocycles. The van der Waals surface area contributed by atoms with Crippen molar-refractivity contribution >= 4 is 27.3 Å². The van der Waals surface area contributed by atoms with Gasteiger partial charge in [0.25, 0.3) is 0 Å². The zero-order valence-corrected chi connectivity index (χ0v) is 9.94. The first-order valence-corrected chi connectivity index (χ1v) is 6.58. The number of nitrogens with zero attached hydrogens (tertiary/aromatic N) is 1. The number of para-hydroxylation sites is 2. The van der Waals surface area contributed by atoms with Crippen LogP contribution in [0.15, 0.2) is 35.8 Å². The smallest absolute Gasteiger partial charge is 0.227 e. The number of aromatic nitrogens is 2. The summed E-state index contributed by atoms with van der Waals surface area (Å²) in [4.78, 5) is 4.53. The molecule has 2 aromatic heterocycles. The Morgan fingerprint density at radius 1 is 1.24 bits per heavy atom. The normalized spacial score (nSPS) is 11.5. The van der Waals surface area contributed by atoms with E-state index in [2.05, 4.69) is 39.2 Å². The fourth-order valence-corrected chi connectivity index (χ4v) is 2.22. The number of halogens is 1. The first-order chi connectivity index (χ1) is 7.95. The van der Waals surface area contributed by atoms with E-state index in [9.17, 15) is 0 Å². The quantitative estimate of drug-likeness (QED) is 0.456. The summed E-state index contributed by atoms with van der Waals surface area (Å²) in [5.41, 5.74) is 2.44. The van der Waals surface area contributed by atoms with Crippen molar-refractivity contribution in [2.24, 2.45) is 0 Å². The average Bonchev–Trinajstić information content (AvgIpc) is 2.73. The van der Waals surface area contributed by atoms with Crippen LogP contribution in [0.25, 0.3) is 16.0 Å². The van der Waals surface area contributed by atoms with Crippen molar-refractivity contribution in [3.05, 3.63) is 35.8 Å². The summed E-state index contributed by atoms with van der Waals surface area (Å²) in [5, 5.41) is 2.08. The standard InChI is InChI=1S/C9H6N2S.ClHO4/c1-2-4-8-7(3-1)10-9-11(8)5-6-12-9;2-1(3,4)5/h1-6H;(H,2,3,4,5)/p+1. The van der Waals surface area contributed by atoms with Crippen molar-refractivity contribution in [1.82, 2.24) is 4.98 Å². The molecule has 0 saturated heterocycles. The van der Waals surface area contributed by atoms with Crippen molar-refractivity contribution in [1.29, 1.82) is 0 Å². The Morgan fingerprint density at radius 2 is 1.88 bits per heavy atom. The second-order valence-electron chi connectivity index (χ2n) is 3.12. The van der Waals surface area contributed by atoms with Gasteiger partial charge in [0.05, 0.1) is 14.9 Å². The molecule has 0 saturated carbocycles. The second-order valence-corrected chi connectivity index (χ2v) is 4.80. The summed E-state index contributed by atoms with van der Waals surface area (Å²) in [6, 6.07) is 8.31. The Kier molecular flexibility index (Phi) is 3.29. The Hall–Kier alpha value is -1.22. The highest BCUT2D eigenvalue weighted by Crippen LogP contribution is 2.12. The van der Waals surface area contributed by atoms with Crippen molar-refractivity contribution in [3.8, 4) is 0 Å². The first-order valence-electron chi connectivity index (χ1n) is 4.44. The van der Waals surface area contributed by atoms with E-state index in [-0.39, 0.29) is 0 Å². The molecule has 2 N–H and O–H groups in total. The van der Waals surface area contributed by atoms with Crippen LogP contribution in [0.3, 0.4) is 0 Å². The van der Waals surface area contributed by atoms with Crippen molar-refractivity contribution in [2.75, 3.05) is 0 Å². The molecule has 0 spiro atoms. The molecule has 0 fully saturated rings. The molecule has 2 heterocycles. The Labute approximate surface area is 102 Å². The van der Waals surface area contributed by atoms with E-state index in [0.29, 0.717) is 0 Å². The molecule has 3 rings (SSSR count). The molecule has 0 bridgehead atoms. The highest BCUT2D eigenvalue weighted by molar-refractivity contribution is 7.14. The highest BCUT2D eigenvalue weighted by atomic mass is 35.7. The van der Waals surface area contributed by atoms with Crippen LogP contribution < -0.4 is 18.4 Å². The second kappa shape index (κ2) is 4.57. The van der Waals surface area contributed by atoms with Gasteiger partial charge in [-0.1, -0.05) is 23.5 Å². The number of hydrogen-bond acceptors (Lipinski definition) is 5. The van der Waals surface area contributed by atoms with Crippen LogP contribution in [0.2, 0.25) is 0 Å². The summed E-state index contributed by atoms with van der Waals surface area (Å²) < 4.78 is 34.9. The molecule has 1 aromatic carbocycles. The Bertz CT molecular complexity index is 624. The Balaban J connectivity index is 0.000000188. The van der Waals surface area contributed by atoms with Gasteiger partial charge in [-0.05, 0) is 12.1 Å². The fraction of sp³-hybridized carbons (Fsp3) is 0.